The van der Waals surface area contributed by atoms with Gasteiger partial charge in [0.15, 0.2) is 0 Å². The minimum atomic E-state index is -3.89. The summed E-state index contributed by atoms with van der Waals surface area (Å²) in [5.41, 5.74) is 2.75. The first kappa shape index (κ1) is 21.8. The van der Waals surface area contributed by atoms with Crippen molar-refractivity contribution >= 4 is 27.0 Å². The molecule has 8 nitrogen and oxygen atoms in total. The van der Waals surface area contributed by atoms with Crippen LogP contribution in [0.2, 0.25) is 0 Å². The molecule has 0 bridgehead atoms. The molecular formula is C23H24N4O4S. The summed E-state index contributed by atoms with van der Waals surface area (Å²) in [7, 11) is -3.89. The van der Waals surface area contributed by atoms with E-state index in [0.717, 1.165) is 26.7 Å². The van der Waals surface area contributed by atoms with E-state index in [1.54, 1.807) is 36.4 Å². The number of imidazole rings is 1. The molecule has 2 aromatic carbocycles. The molecule has 166 valence electrons. The second-order valence-electron chi connectivity index (χ2n) is 7.47. The van der Waals surface area contributed by atoms with E-state index in [-0.39, 0.29) is 18.0 Å². The molecule has 0 radical (unpaired) electrons. The van der Waals surface area contributed by atoms with Crippen molar-refractivity contribution in [1.29, 1.82) is 0 Å². The number of furan rings is 1. The van der Waals surface area contributed by atoms with Gasteiger partial charge >= 0.3 is 0 Å². The van der Waals surface area contributed by atoms with Gasteiger partial charge in [0.1, 0.15) is 11.6 Å². The first-order valence-corrected chi connectivity index (χ1v) is 11.7. The zero-order valence-electron chi connectivity index (χ0n) is 17.6. The number of carbonyl (C=O) groups is 1. The van der Waals surface area contributed by atoms with E-state index >= 15 is 0 Å². The Hall–Kier alpha value is -3.43. The standard InChI is InChI=1S/C23H24N4O4S/c1-17-8-10-19(11-9-17)32(29,30)27(15-18-5-4-14-31-18)16-23(28)24-13-12-22-25-20-6-2-3-7-21(20)26-22/h2-11,14H,12-13,15-16H2,1H3,(H,24,28)(H,25,26). The summed E-state index contributed by atoms with van der Waals surface area (Å²) >= 11 is 0. The number of sulfonamides is 1. The third-order valence-electron chi connectivity index (χ3n) is 5.01. The number of hydrogen-bond donors (Lipinski definition) is 2. The molecule has 4 rings (SSSR count). The lowest BCUT2D eigenvalue weighted by Gasteiger charge is -2.21. The van der Waals surface area contributed by atoms with Crippen LogP contribution in [0.4, 0.5) is 0 Å². The summed E-state index contributed by atoms with van der Waals surface area (Å²) in [4.78, 5) is 20.4. The van der Waals surface area contributed by atoms with Crippen LogP contribution in [0, 0.1) is 6.92 Å². The van der Waals surface area contributed by atoms with Gasteiger partial charge in [-0.1, -0.05) is 29.8 Å². The number of aromatic amines is 1. The van der Waals surface area contributed by atoms with Gasteiger partial charge in [-0.2, -0.15) is 4.31 Å². The SMILES string of the molecule is Cc1ccc(S(=O)(=O)N(CC(=O)NCCc2nc3ccccc3[nH]2)Cc2ccco2)cc1. The van der Waals surface area contributed by atoms with E-state index in [9.17, 15) is 13.2 Å². The third kappa shape index (κ3) is 5.06. The number of benzene rings is 2. The number of fused-ring (bicyclic) bond motifs is 1. The van der Waals surface area contributed by atoms with Crippen molar-refractivity contribution in [3.8, 4) is 0 Å². The lowest BCUT2D eigenvalue weighted by Crippen LogP contribution is -2.40. The van der Waals surface area contributed by atoms with Gasteiger partial charge in [-0.15, -0.1) is 0 Å². The highest BCUT2D eigenvalue weighted by atomic mass is 32.2. The Balaban J connectivity index is 1.42. The molecule has 4 aromatic rings. The molecule has 1 amide bonds. The van der Waals surface area contributed by atoms with E-state index < -0.39 is 15.9 Å². The number of hydrogen-bond acceptors (Lipinski definition) is 5. The Morgan fingerprint density at radius 3 is 2.59 bits per heavy atom. The molecule has 0 aliphatic carbocycles. The molecule has 2 aromatic heterocycles. The molecule has 2 N–H and O–H groups in total. The second-order valence-corrected chi connectivity index (χ2v) is 9.40. The number of nitrogens with zero attached hydrogens (tertiary/aromatic N) is 2. The van der Waals surface area contributed by atoms with Gasteiger partial charge in [0.2, 0.25) is 15.9 Å². The van der Waals surface area contributed by atoms with E-state index in [0.29, 0.717) is 18.7 Å². The molecule has 0 saturated carbocycles. The van der Waals surface area contributed by atoms with Gasteiger partial charge in [0.25, 0.3) is 0 Å². The summed E-state index contributed by atoms with van der Waals surface area (Å²) in [6.45, 7) is 1.85. The predicted molar refractivity (Wildman–Crippen MR) is 120 cm³/mol. The Labute approximate surface area is 186 Å². The van der Waals surface area contributed by atoms with Crippen LogP contribution in [0.3, 0.4) is 0 Å². The van der Waals surface area contributed by atoms with Gasteiger partial charge in [0, 0.05) is 13.0 Å². The van der Waals surface area contributed by atoms with Crippen LogP contribution in [0.15, 0.2) is 76.2 Å². The Kier molecular flexibility index (Phi) is 6.38. The van der Waals surface area contributed by atoms with Crippen LogP contribution < -0.4 is 5.32 Å². The van der Waals surface area contributed by atoms with Gasteiger partial charge in [-0.25, -0.2) is 13.4 Å². The van der Waals surface area contributed by atoms with E-state index in [1.807, 2.05) is 31.2 Å². The van der Waals surface area contributed by atoms with Crippen molar-refractivity contribution in [3.63, 3.8) is 0 Å². The van der Waals surface area contributed by atoms with Crippen molar-refractivity contribution < 1.29 is 17.6 Å². The topological polar surface area (TPSA) is 108 Å². The number of para-hydroxylation sites is 2. The van der Waals surface area contributed by atoms with Crippen LogP contribution in [-0.4, -0.2) is 41.7 Å². The molecule has 0 spiro atoms. The van der Waals surface area contributed by atoms with E-state index in [4.69, 9.17) is 4.42 Å². The number of aryl methyl sites for hydroxylation is 1. The minimum Gasteiger partial charge on any atom is -0.468 e. The average molecular weight is 453 g/mol. The fourth-order valence-corrected chi connectivity index (χ4v) is 4.68. The first-order valence-electron chi connectivity index (χ1n) is 10.2. The van der Waals surface area contributed by atoms with E-state index in [2.05, 4.69) is 15.3 Å². The van der Waals surface area contributed by atoms with Crippen LogP contribution in [-0.2, 0) is 27.8 Å². The smallest absolute Gasteiger partial charge is 0.243 e. The fraction of sp³-hybridized carbons (Fsp3) is 0.217. The van der Waals surface area contributed by atoms with Crippen molar-refractivity contribution in [2.45, 2.75) is 24.8 Å². The second kappa shape index (κ2) is 9.37. The molecule has 0 aliphatic heterocycles. The predicted octanol–water partition coefficient (Wildman–Crippen LogP) is 3.01. The molecular weight excluding hydrogens is 428 g/mol. The largest absolute Gasteiger partial charge is 0.468 e. The number of aromatic nitrogens is 2. The van der Waals surface area contributed by atoms with Crippen molar-refractivity contribution in [3.05, 3.63) is 84.1 Å². The molecule has 0 aliphatic rings. The summed E-state index contributed by atoms with van der Waals surface area (Å²) in [6, 6.07) is 17.6. The van der Waals surface area contributed by atoms with Gasteiger partial charge < -0.3 is 14.7 Å². The maximum absolute atomic E-state index is 13.2. The van der Waals surface area contributed by atoms with Gasteiger partial charge in [-0.3, -0.25) is 4.79 Å². The molecule has 0 atom stereocenters. The number of amides is 1. The normalized spacial score (nSPS) is 11.8. The maximum atomic E-state index is 13.2. The van der Waals surface area contributed by atoms with E-state index in [1.165, 1.54) is 6.26 Å². The average Bonchev–Trinajstić information content (AvgIpc) is 3.43. The molecule has 0 unspecified atom stereocenters. The number of H-pyrrole nitrogens is 1. The highest BCUT2D eigenvalue weighted by Crippen LogP contribution is 2.19. The fourth-order valence-electron chi connectivity index (χ4n) is 3.32. The molecule has 9 heteroatoms. The van der Waals surface area contributed by atoms with Gasteiger partial charge in [-0.05, 0) is 43.3 Å². The maximum Gasteiger partial charge on any atom is 0.243 e. The zero-order valence-corrected chi connectivity index (χ0v) is 18.4. The van der Waals surface area contributed by atoms with Crippen molar-refractivity contribution in [2.24, 2.45) is 0 Å². The highest BCUT2D eigenvalue weighted by molar-refractivity contribution is 7.89. The quantitative estimate of drug-likeness (QED) is 0.406. The van der Waals surface area contributed by atoms with Gasteiger partial charge in [0.05, 0.1) is 35.3 Å². The Morgan fingerprint density at radius 2 is 1.88 bits per heavy atom. The van der Waals surface area contributed by atoms with Crippen LogP contribution in [0.5, 0.6) is 0 Å². The van der Waals surface area contributed by atoms with Crippen molar-refractivity contribution in [1.82, 2.24) is 19.6 Å². The molecule has 0 saturated heterocycles. The van der Waals surface area contributed by atoms with Crippen molar-refractivity contribution in [2.75, 3.05) is 13.1 Å². The summed E-state index contributed by atoms with van der Waals surface area (Å²) in [6.07, 6.45) is 1.97. The highest BCUT2D eigenvalue weighted by Gasteiger charge is 2.27. The van der Waals surface area contributed by atoms with Crippen LogP contribution in [0.1, 0.15) is 17.1 Å². The Bertz CT molecular complexity index is 1260. The monoisotopic (exact) mass is 452 g/mol. The number of carbonyl (C=O) groups excluding carboxylic acids is 1. The third-order valence-corrected chi connectivity index (χ3v) is 6.82. The number of nitrogens with one attached hydrogen (secondary N) is 2. The molecule has 0 fully saturated rings. The lowest BCUT2D eigenvalue weighted by molar-refractivity contribution is -0.121. The summed E-state index contributed by atoms with van der Waals surface area (Å²) in [5.74, 6) is 0.810. The van der Waals surface area contributed by atoms with Crippen LogP contribution >= 0.6 is 0 Å². The number of rotatable bonds is 9. The molecule has 32 heavy (non-hydrogen) atoms. The summed E-state index contributed by atoms with van der Waals surface area (Å²) in [5, 5.41) is 2.78. The summed E-state index contributed by atoms with van der Waals surface area (Å²) < 4.78 is 32.8. The van der Waals surface area contributed by atoms with Crippen LogP contribution in [0.25, 0.3) is 11.0 Å². The Morgan fingerprint density at radius 1 is 1.09 bits per heavy atom. The zero-order chi connectivity index (χ0) is 22.6. The first-order chi connectivity index (χ1) is 15.4. The minimum absolute atomic E-state index is 0.0415. The molecule has 2 heterocycles. The lowest BCUT2D eigenvalue weighted by atomic mass is 10.2.